The third-order valence-corrected chi connectivity index (χ3v) is 4.71. The highest BCUT2D eigenvalue weighted by Crippen LogP contribution is 2.30. The van der Waals surface area contributed by atoms with Gasteiger partial charge in [0.15, 0.2) is 11.5 Å². The van der Waals surface area contributed by atoms with Crippen molar-refractivity contribution < 1.29 is 27.4 Å². The number of rotatable bonds is 8. The molecule has 1 N–H and O–H groups in total. The van der Waals surface area contributed by atoms with Crippen LogP contribution in [-0.2, 0) is 10.0 Å². The van der Waals surface area contributed by atoms with Gasteiger partial charge in [-0.15, -0.1) is 0 Å². The molecule has 26 heavy (non-hydrogen) atoms. The fourth-order valence-electron chi connectivity index (χ4n) is 2.22. The third-order valence-electron chi connectivity index (χ3n) is 3.47. The maximum absolute atomic E-state index is 12.5. The quantitative estimate of drug-likeness (QED) is 0.556. The van der Waals surface area contributed by atoms with Crippen molar-refractivity contribution in [2.45, 2.75) is 4.90 Å². The lowest BCUT2D eigenvalue weighted by molar-refractivity contribution is 0.354. The van der Waals surface area contributed by atoms with Crippen LogP contribution < -0.4 is 23.8 Å². The summed E-state index contributed by atoms with van der Waals surface area (Å²) in [5.41, 5.74) is 0.548. The van der Waals surface area contributed by atoms with Crippen LogP contribution in [0.2, 0.25) is 0 Å². The number of hydrogen-bond donors (Lipinski definition) is 1. The van der Waals surface area contributed by atoms with Gasteiger partial charge in [-0.25, -0.2) is 0 Å². The lowest BCUT2D eigenvalue weighted by Crippen LogP contribution is -2.19. The van der Waals surface area contributed by atoms with E-state index < -0.39 is 10.0 Å². The molecule has 0 radical (unpaired) electrons. The van der Waals surface area contributed by atoms with Gasteiger partial charge in [-0.1, -0.05) is 6.07 Å². The lowest BCUT2D eigenvalue weighted by Gasteiger charge is -2.11. The van der Waals surface area contributed by atoms with E-state index in [9.17, 15) is 8.42 Å². The third kappa shape index (κ3) is 4.17. The fraction of sp³-hybridized carbons (Fsp3) is 0.235. The average Bonchev–Trinajstić information content (AvgIpc) is 2.66. The summed E-state index contributed by atoms with van der Waals surface area (Å²) < 4.78 is 45.7. The Morgan fingerprint density at radius 1 is 0.923 bits per heavy atom. The van der Waals surface area contributed by atoms with Gasteiger partial charge in [-0.05, 0) is 24.3 Å². The van der Waals surface area contributed by atoms with Crippen molar-refractivity contribution in [1.82, 2.24) is 4.83 Å². The van der Waals surface area contributed by atoms with Gasteiger partial charge in [-0.2, -0.15) is 18.4 Å². The summed E-state index contributed by atoms with van der Waals surface area (Å²) in [6, 6.07) is 9.63. The first-order valence-electron chi connectivity index (χ1n) is 7.44. The molecule has 9 heteroatoms. The van der Waals surface area contributed by atoms with Gasteiger partial charge in [-0.3, -0.25) is 0 Å². The van der Waals surface area contributed by atoms with Crippen LogP contribution in [0.3, 0.4) is 0 Å². The zero-order chi connectivity index (χ0) is 19.2. The van der Waals surface area contributed by atoms with Gasteiger partial charge in [0.1, 0.15) is 16.4 Å². The van der Waals surface area contributed by atoms with Crippen LogP contribution in [0.4, 0.5) is 0 Å². The molecule has 0 bridgehead atoms. The molecular weight excluding hydrogens is 360 g/mol. The second-order valence-corrected chi connectivity index (χ2v) is 6.58. The van der Waals surface area contributed by atoms with Crippen LogP contribution in [0.5, 0.6) is 23.0 Å². The fourth-order valence-corrected chi connectivity index (χ4v) is 3.20. The van der Waals surface area contributed by atoms with Crippen LogP contribution >= 0.6 is 0 Å². The number of nitrogens with one attached hydrogen (secondary N) is 1. The normalized spacial score (nSPS) is 11.2. The monoisotopic (exact) mass is 380 g/mol. The second kappa shape index (κ2) is 8.43. The van der Waals surface area contributed by atoms with Crippen LogP contribution in [0.25, 0.3) is 0 Å². The summed E-state index contributed by atoms with van der Waals surface area (Å²) in [7, 11) is 1.85. The van der Waals surface area contributed by atoms with Gasteiger partial charge in [0.25, 0.3) is 10.0 Å². The largest absolute Gasteiger partial charge is 0.497 e. The standard InChI is InChI=1S/C17H20N2O6S/c1-22-13-8-9-14(23-2)16(10-13)26(20,21)19-18-11-12-6-5-7-15(24-3)17(12)25-4/h5-11,19H,1-4H3/b18-11+. The molecule has 8 nitrogen and oxygen atoms in total. The molecule has 0 unspecified atom stereocenters. The van der Waals surface area contributed by atoms with E-state index in [0.717, 1.165) is 0 Å². The Bertz CT molecular complexity index is 896. The summed E-state index contributed by atoms with van der Waals surface area (Å²) in [5.74, 6) is 1.50. The molecule has 0 spiro atoms. The summed E-state index contributed by atoms with van der Waals surface area (Å²) in [6.07, 6.45) is 1.32. The molecule has 0 saturated heterocycles. The summed E-state index contributed by atoms with van der Waals surface area (Å²) in [6.45, 7) is 0. The van der Waals surface area contributed by atoms with E-state index in [-0.39, 0.29) is 10.6 Å². The molecule has 0 aliphatic carbocycles. The molecule has 140 valence electrons. The molecular formula is C17H20N2O6S. The number of benzene rings is 2. The van der Waals surface area contributed by atoms with Crippen molar-refractivity contribution in [3.8, 4) is 23.0 Å². The number of nitrogens with zero attached hydrogens (tertiary/aromatic N) is 1. The Labute approximate surface area is 152 Å². The van der Waals surface area contributed by atoms with E-state index in [1.807, 2.05) is 0 Å². The lowest BCUT2D eigenvalue weighted by atomic mass is 10.2. The van der Waals surface area contributed by atoms with E-state index in [2.05, 4.69) is 9.93 Å². The minimum absolute atomic E-state index is 0.0888. The molecule has 2 rings (SSSR count). The highest BCUT2D eigenvalue weighted by atomic mass is 32.2. The molecule has 0 atom stereocenters. The van der Waals surface area contributed by atoms with Crippen molar-refractivity contribution in [2.75, 3.05) is 28.4 Å². The number of para-hydroxylation sites is 1. The first kappa shape index (κ1) is 19.4. The molecule has 0 amide bonds. The van der Waals surface area contributed by atoms with Gasteiger partial charge in [0.2, 0.25) is 0 Å². The van der Waals surface area contributed by atoms with E-state index in [4.69, 9.17) is 18.9 Å². The minimum atomic E-state index is -3.97. The Morgan fingerprint density at radius 3 is 2.27 bits per heavy atom. The Kier molecular flexibility index (Phi) is 6.29. The summed E-state index contributed by atoms with van der Waals surface area (Å²) >= 11 is 0. The minimum Gasteiger partial charge on any atom is -0.497 e. The van der Waals surface area contributed by atoms with E-state index in [0.29, 0.717) is 22.8 Å². The molecule has 0 heterocycles. The van der Waals surface area contributed by atoms with Crippen molar-refractivity contribution >= 4 is 16.2 Å². The summed E-state index contributed by atoms with van der Waals surface area (Å²) in [5, 5.41) is 3.81. The molecule has 0 fully saturated rings. The van der Waals surface area contributed by atoms with Gasteiger partial charge in [0, 0.05) is 11.6 Å². The van der Waals surface area contributed by atoms with Crippen LogP contribution in [0, 0.1) is 0 Å². The predicted molar refractivity (Wildman–Crippen MR) is 97.0 cm³/mol. The number of methoxy groups -OCH3 is 4. The number of hydrazone groups is 1. The maximum atomic E-state index is 12.5. The molecule has 0 aromatic heterocycles. The Hall–Kier alpha value is -2.94. The molecule has 0 aliphatic heterocycles. The van der Waals surface area contributed by atoms with Crippen LogP contribution in [0.1, 0.15) is 5.56 Å². The first-order valence-corrected chi connectivity index (χ1v) is 8.93. The number of ether oxygens (including phenoxy) is 4. The van der Waals surface area contributed by atoms with E-state index in [1.165, 1.54) is 46.8 Å². The summed E-state index contributed by atoms with van der Waals surface area (Å²) in [4.78, 5) is 2.06. The number of sulfonamides is 1. The SMILES string of the molecule is COc1ccc(OC)c(S(=O)(=O)N/N=C/c2cccc(OC)c2OC)c1. The highest BCUT2D eigenvalue weighted by Gasteiger charge is 2.20. The molecule has 0 saturated carbocycles. The number of hydrogen-bond acceptors (Lipinski definition) is 7. The predicted octanol–water partition coefficient (Wildman–Crippen LogP) is 2.03. The topological polar surface area (TPSA) is 95.5 Å². The van der Waals surface area contributed by atoms with Crippen LogP contribution in [-0.4, -0.2) is 43.1 Å². The Morgan fingerprint density at radius 2 is 1.65 bits per heavy atom. The second-order valence-electron chi connectivity index (χ2n) is 4.95. The molecule has 2 aromatic rings. The van der Waals surface area contributed by atoms with E-state index >= 15 is 0 Å². The van der Waals surface area contributed by atoms with Crippen molar-refractivity contribution in [2.24, 2.45) is 5.10 Å². The van der Waals surface area contributed by atoms with Crippen LogP contribution in [0.15, 0.2) is 46.4 Å². The molecule has 0 aliphatic rings. The zero-order valence-corrected chi connectivity index (χ0v) is 15.7. The smallest absolute Gasteiger partial charge is 0.280 e. The maximum Gasteiger partial charge on any atom is 0.280 e. The average molecular weight is 380 g/mol. The van der Waals surface area contributed by atoms with E-state index in [1.54, 1.807) is 24.3 Å². The van der Waals surface area contributed by atoms with Gasteiger partial charge >= 0.3 is 0 Å². The van der Waals surface area contributed by atoms with Gasteiger partial charge < -0.3 is 18.9 Å². The zero-order valence-electron chi connectivity index (χ0n) is 14.8. The molecule has 2 aromatic carbocycles. The van der Waals surface area contributed by atoms with Crippen molar-refractivity contribution in [3.05, 3.63) is 42.0 Å². The Balaban J connectivity index is 2.30. The van der Waals surface area contributed by atoms with Gasteiger partial charge in [0.05, 0.1) is 34.7 Å². The van der Waals surface area contributed by atoms with Crippen molar-refractivity contribution in [1.29, 1.82) is 0 Å². The van der Waals surface area contributed by atoms with Crippen molar-refractivity contribution in [3.63, 3.8) is 0 Å². The first-order chi connectivity index (χ1) is 12.5. The highest BCUT2D eigenvalue weighted by molar-refractivity contribution is 7.89.